The van der Waals surface area contributed by atoms with Crippen molar-refractivity contribution < 1.29 is 0 Å². The van der Waals surface area contributed by atoms with E-state index >= 15 is 0 Å². The van der Waals surface area contributed by atoms with Gasteiger partial charge < -0.3 is 10.2 Å². The van der Waals surface area contributed by atoms with Crippen LogP contribution >= 0.6 is 0 Å². The SMILES string of the molecule is CC(C)(C)c1nnc2ccc(N3CC(CNc4cc5c(nn4)CCC5)C3)nn12. The Labute approximate surface area is 164 Å². The molecule has 0 radical (unpaired) electrons. The monoisotopic (exact) mass is 378 g/mol. The van der Waals surface area contributed by atoms with Crippen molar-refractivity contribution in [2.24, 2.45) is 5.92 Å². The minimum atomic E-state index is -0.0939. The number of hydrogen-bond donors (Lipinski definition) is 1. The van der Waals surface area contributed by atoms with Crippen molar-refractivity contribution in [3.05, 3.63) is 35.3 Å². The lowest BCUT2D eigenvalue weighted by Gasteiger charge is -2.40. The Kier molecular flexibility index (Phi) is 3.96. The average molecular weight is 378 g/mol. The van der Waals surface area contributed by atoms with Gasteiger partial charge in [0.15, 0.2) is 11.5 Å². The molecular weight excluding hydrogens is 352 g/mol. The minimum absolute atomic E-state index is 0.0939. The molecule has 0 amide bonds. The number of fused-ring (bicyclic) bond motifs is 2. The molecule has 1 fully saturated rings. The Morgan fingerprint density at radius 3 is 2.75 bits per heavy atom. The van der Waals surface area contributed by atoms with E-state index in [-0.39, 0.29) is 5.41 Å². The normalized spacial score (nSPS) is 17.0. The quantitative estimate of drug-likeness (QED) is 0.745. The predicted octanol–water partition coefficient (Wildman–Crippen LogP) is 2.25. The highest BCUT2D eigenvalue weighted by Crippen LogP contribution is 2.26. The molecule has 3 aromatic heterocycles. The number of hydrogen-bond acceptors (Lipinski definition) is 7. The Morgan fingerprint density at radius 1 is 1.07 bits per heavy atom. The van der Waals surface area contributed by atoms with E-state index in [1.54, 1.807) is 0 Å². The number of anilines is 2. The van der Waals surface area contributed by atoms with Crippen molar-refractivity contribution in [1.29, 1.82) is 0 Å². The van der Waals surface area contributed by atoms with E-state index in [1.165, 1.54) is 17.7 Å². The third-order valence-electron chi connectivity index (χ3n) is 5.59. The summed E-state index contributed by atoms with van der Waals surface area (Å²) in [4.78, 5) is 2.30. The van der Waals surface area contributed by atoms with Crippen LogP contribution in [0.3, 0.4) is 0 Å². The maximum atomic E-state index is 4.79. The van der Waals surface area contributed by atoms with Crippen LogP contribution in [0.5, 0.6) is 0 Å². The second-order valence-corrected chi connectivity index (χ2v) is 8.94. The molecule has 1 saturated heterocycles. The van der Waals surface area contributed by atoms with E-state index in [1.807, 2.05) is 16.6 Å². The summed E-state index contributed by atoms with van der Waals surface area (Å²) in [6, 6.07) is 6.20. The first-order chi connectivity index (χ1) is 13.5. The summed E-state index contributed by atoms with van der Waals surface area (Å²) in [6.45, 7) is 9.26. The van der Waals surface area contributed by atoms with Crippen molar-refractivity contribution in [2.45, 2.75) is 45.4 Å². The van der Waals surface area contributed by atoms with Gasteiger partial charge in [-0.05, 0) is 43.0 Å². The molecule has 0 unspecified atom stereocenters. The Balaban J connectivity index is 1.22. The van der Waals surface area contributed by atoms with Crippen LogP contribution in [0, 0.1) is 5.92 Å². The van der Waals surface area contributed by atoms with Crippen LogP contribution in [-0.4, -0.2) is 49.6 Å². The zero-order valence-corrected chi connectivity index (χ0v) is 16.7. The third-order valence-corrected chi connectivity index (χ3v) is 5.59. The summed E-state index contributed by atoms with van der Waals surface area (Å²) < 4.78 is 1.88. The molecule has 1 aliphatic heterocycles. The molecule has 146 valence electrons. The molecule has 0 atom stereocenters. The first-order valence-electron chi connectivity index (χ1n) is 10.0. The van der Waals surface area contributed by atoms with Crippen LogP contribution in [0.2, 0.25) is 0 Å². The number of nitrogens with one attached hydrogen (secondary N) is 1. The zero-order valence-electron chi connectivity index (χ0n) is 16.7. The van der Waals surface area contributed by atoms with Gasteiger partial charge in [0.05, 0.1) is 5.69 Å². The molecule has 8 heteroatoms. The van der Waals surface area contributed by atoms with Crippen molar-refractivity contribution >= 4 is 17.3 Å². The van der Waals surface area contributed by atoms with Gasteiger partial charge in [-0.3, -0.25) is 0 Å². The molecular formula is C20H26N8. The summed E-state index contributed by atoms with van der Waals surface area (Å²) in [7, 11) is 0. The second kappa shape index (κ2) is 6.39. The van der Waals surface area contributed by atoms with E-state index in [0.717, 1.165) is 55.6 Å². The second-order valence-electron chi connectivity index (χ2n) is 8.94. The molecule has 0 saturated carbocycles. The molecule has 2 aliphatic rings. The average Bonchev–Trinajstić information content (AvgIpc) is 3.25. The first kappa shape index (κ1) is 17.3. The molecule has 4 heterocycles. The Morgan fingerprint density at radius 2 is 1.93 bits per heavy atom. The van der Waals surface area contributed by atoms with Crippen molar-refractivity contribution in [1.82, 2.24) is 30.0 Å². The maximum Gasteiger partial charge on any atom is 0.178 e. The van der Waals surface area contributed by atoms with Crippen LogP contribution in [0.25, 0.3) is 5.65 Å². The lowest BCUT2D eigenvalue weighted by molar-refractivity contribution is 0.423. The molecule has 0 aromatic carbocycles. The highest BCUT2D eigenvalue weighted by molar-refractivity contribution is 5.48. The van der Waals surface area contributed by atoms with Crippen molar-refractivity contribution in [3.8, 4) is 0 Å². The first-order valence-corrected chi connectivity index (χ1v) is 10.0. The van der Waals surface area contributed by atoms with E-state index < -0.39 is 0 Å². The maximum absolute atomic E-state index is 4.79. The largest absolute Gasteiger partial charge is 0.368 e. The predicted molar refractivity (Wildman–Crippen MR) is 108 cm³/mol. The van der Waals surface area contributed by atoms with Crippen molar-refractivity contribution in [3.63, 3.8) is 0 Å². The summed E-state index contributed by atoms with van der Waals surface area (Å²) in [5, 5.41) is 25.5. The van der Waals surface area contributed by atoms with E-state index in [4.69, 9.17) is 5.10 Å². The highest BCUT2D eigenvalue weighted by atomic mass is 15.4. The Hall–Kier alpha value is -2.77. The van der Waals surface area contributed by atoms with Crippen LogP contribution in [-0.2, 0) is 18.3 Å². The molecule has 3 aromatic rings. The molecule has 0 spiro atoms. The van der Waals surface area contributed by atoms with E-state index in [9.17, 15) is 0 Å². The third kappa shape index (κ3) is 3.06. The molecule has 0 bridgehead atoms. The lowest BCUT2D eigenvalue weighted by atomic mass is 9.96. The molecule has 5 rings (SSSR count). The van der Waals surface area contributed by atoms with Gasteiger partial charge in [-0.25, -0.2) is 0 Å². The standard InChI is InChI=1S/C20H26N8/c1-20(2,3)19-25-24-17-7-8-18(26-28(17)19)27-11-13(12-27)10-21-16-9-14-5-4-6-15(14)22-23-16/h7-9,13H,4-6,10-12H2,1-3H3,(H,21,23). The topological polar surface area (TPSA) is 84.1 Å². The van der Waals surface area contributed by atoms with Crippen LogP contribution < -0.4 is 10.2 Å². The molecule has 8 nitrogen and oxygen atoms in total. The van der Waals surface area contributed by atoms with Crippen molar-refractivity contribution in [2.75, 3.05) is 29.9 Å². The summed E-state index contributed by atoms with van der Waals surface area (Å²) in [5.74, 6) is 3.35. The van der Waals surface area contributed by atoms with Crippen LogP contribution in [0.15, 0.2) is 18.2 Å². The van der Waals surface area contributed by atoms with Gasteiger partial charge in [-0.15, -0.1) is 20.4 Å². The number of aromatic nitrogens is 6. The van der Waals surface area contributed by atoms with Gasteiger partial charge >= 0.3 is 0 Å². The van der Waals surface area contributed by atoms with Gasteiger partial charge in [0.1, 0.15) is 11.6 Å². The smallest absolute Gasteiger partial charge is 0.178 e. The van der Waals surface area contributed by atoms with E-state index in [0.29, 0.717) is 5.92 Å². The number of rotatable bonds is 4. The Bertz CT molecular complexity index is 1010. The van der Waals surface area contributed by atoms with Crippen LogP contribution in [0.1, 0.15) is 44.3 Å². The summed E-state index contributed by atoms with van der Waals surface area (Å²) in [5.41, 5.74) is 3.23. The lowest BCUT2D eigenvalue weighted by Crippen LogP contribution is -2.50. The fraction of sp³-hybridized carbons (Fsp3) is 0.550. The minimum Gasteiger partial charge on any atom is -0.368 e. The fourth-order valence-corrected chi connectivity index (χ4v) is 3.97. The van der Waals surface area contributed by atoms with Gasteiger partial charge in [0.2, 0.25) is 0 Å². The highest BCUT2D eigenvalue weighted by Gasteiger charge is 2.29. The zero-order chi connectivity index (χ0) is 19.3. The van der Waals surface area contributed by atoms with Gasteiger partial charge in [0.25, 0.3) is 0 Å². The van der Waals surface area contributed by atoms with Gasteiger partial charge in [0, 0.05) is 31.0 Å². The molecule has 1 aliphatic carbocycles. The summed E-state index contributed by atoms with van der Waals surface area (Å²) in [6.07, 6.45) is 3.40. The van der Waals surface area contributed by atoms with Crippen LogP contribution in [0.4, 0.5) is 11.6 Å². The van der Waals surface area contributed by atoms with E-state index in [2.05, 4.69) is 57.4 Å². The molecule has 28 heavy (non-hydrogen) atoms. The van der Waals surface area contributed by atoms with Gasteiger partial charge in [-0.1, -0.05) is 20.8 Å². The number of aryl methyl sites for hydroxylation is 2. The van der Waals surface area contributed by atoms with Gasteiger partial charge in [-0.2, -0.15) is 9.61 Å². The fourth-order valence-electron chi connectivity index (χ4n) is 3.97. The summed E-state index contributed by atoms with van der Waals surface area (Å²) >= 11 is 0. The molecule has 1 N–H and O–H groups in total. The number of nitrogens with zero attached hydrogens (tertiary/aromatic N) is 7.